The van der Waals surface area contributed by atoms with Gasteiger partial charge in [-0.2, -0.15) is 0 Å². The van der Waals surface area contributed by atoms with Crippen LogP contribution in [0.5, 0.6) is 0 Å². The molecule has 0 spiro atoms. The molecule has 92 valence electrons. The molecule has 0 atom stereocenters. The number of hydrogen-bond acceptors (Lipinski definition) is 2. The highest BCUT2D eigenvalue weighted by atomic mass is 79.9. The van der Waals surface area contributed by atoms with Crippen molar-refractivity contribution in [3.8, 4) is 0 Å². The van der Waals surface area contributed by atoms with E-state index in [1.807, 2.05) is 13.8 Å². The molecule has 1 amide bonds. The lowest BCUT2D eigenvalue weighted by Gasteiger charge is -2.11. The standard InChI is InChI=1S/C12H14BrNO3/c1-7(2)6-10(15)14-11-8(12(16)17)4-3-5-9(11)13/h3-5,7H,6H2,1-2H3,(H,14,15)(H,16,17). The minimum atomic E-state index is -1.06. The fourth-order valence-electron chi connectivity index (χ4n) is 1.39. The van der Waals surface area contributed by atoms with Crippen LogP contribution in [0.15, 0.2) is 22.7 Å². The van der Waals surface area contributed by atoms with Crippen LogP contribution in [0.3, 0.4) is 0 Å². The van der Waals surface area contributed by atoms with Gasteiger partial charge in [-0.25, -0.2) is 4.79 Å². The third-order valence-corrected chi connectivity index (χ3v) is 2.76. The van der Waals surface area contributed by atoms with Gasteiger partial charge >= 0.3 is 5.97 Å². The first kappa shape index (κ1) is 13.7. The lowest BCUT2D eigenvalue weighted by Crippen LogP contribution is -2.16. The maximum Gasteiger partial charge on any atom is 0.337 e. The summed E-state index contributed by atoms with van der Waals surface area (Å²) in [4.78, 5) is 22.6. The van der Waals surface area contributed by atoms with Crippen LogP contribution in [0.4, 0.5) is 5.69 Å². The van der Waals surface area contributed by atoms with Gasteiger partial charge in [0, 0.05) is 10.9 Å². The molecule has 0 fully saturated rings. The average Bonchev–Trinajstić information content (AvgIpc) is 2.19. The van der Waals surface area contributed by atoms with Gasteiger partial charge in [0.1, 0.15) is 0 Å². The number of halogens is 1. The van der Waals surface area contributed by atoms with Crippen LogP contribution >= 0.6 is 15.9 Å². The number of carboxylic acids is 1. The van der Waals surface area contributed by atoms with Gasteiger partial charge in [-0.1, -0.05) is 19.9 Å². The molecule has 0 unspecified atom stereocenters. The van der Waals surface area contributed by atoms with E-state index in [1.54, 1.807) is 12.1 Å². The van der Waals surface area contributed by atoms with E-state index in [1.165, 1.54) is 6.07 Å². The van der Waals surface area contributed by atoms with E-state index in [-0.39, 0.29) is 17.4 Å². The van der Waals surface area contributed by atoms with E-state index >= 15 is 0 Å². The Labute approximate surface area is 108 Å². The number of hydrogen-bond donors (Lipinski definition) is 2. The number of carbonyl (C=O) groups is 2. The zero-order valence-corrected chi connectivity index (χ0v) is 11.2. The zero-order valence-electron chi connectivity index (χ0n) is 9.66. The maximum atomic E-state index is 11.6. The molecule has 4 nitrogen and oxygen atoms in total. The van der Waals surface area contributed by atoms with E-state index in [2.05, 4.69) is 21.2 Å². The minimum Gasteiger partial charge on any atom is -0.478 e. The SMILES string of the molecule is CC(C)CC(=O)Nc1c(Br)cccc1C(=O)O. The van der Waals surface area contributed by atoms with Crippen LogP contribution in [-0.4, -0.2) is 17.0 Å². The first-order valence-corrected chi connectivity index (χ1v) is 6.02. The van der Waals surface area contributed by atoms with Crippen molar-refractivity contribution in [3.05, 3.63) is 28.2 Å². The number of benzene rings is 1. The first-order chi connectivity index (χ1) is 7.91. The molecule has 0 bridgehead atoms. The van der Waals surface area contributed by atoms with Gasteiger partial charge in [0.25, 0.3) is 0 Å². The Balaban J connectivity index is 2.97. The normalized spacial score (nSPS) is 10.4. The van der Waals surface area contributed by atoms with Gasteiger partial charge in [0.05, 0.1) is 11.3 Å². The van der Waals surface area contributed by atoms with Gasteiger partial charge in [-0.15, -0.1) is 0 Å². The van der Waals surface area contributed by atoms with E-state index in [9.17, 15) is 9.59 Å². The van der Waals surface area contributed by atoms with Crippen molar-refractivity contribution >= 4 is 33.5 Å². The van der Waals surface area contributed by atoms with Crippen LogP contribution in [0.1, 0.15) is 30.6 Å². The summed E-state index contributed by atoms with van der Waals surface area (Å²) in [5.41, 5.74) is 0.391. The first-order valence-electron chi connectivity index (χ1n) is 5.23. The molecule has 0 aromatic heterocycles. The topological polar surface area (TPSA) is 66.4 Å². The van der Waals surface area contributed by atoms with Crippen molar-refractivity contribution in [2.75, 3.05) is 5.32 Å². The molecule has 1 aromatic carbocycles. The van der Waals surface area contributed by atoms with E-state index in [0.717, 1.165) is 0 Å². The molecule has 0 aliphatic rings. The summed E-state index contributed by atoms with van der Waals surface area (Å²) in [6.45, 7) is 3.86. The van der Waals surface area contributed by atoms with E-state index < -0.39 is 5.97 Å². The summed E-state index contributed by atoms with van der Waals surface area (Å²) in [6.07, 6.45) is 0.362. The smallest absolute Gasteiger partial charge is 0.337 e. The quantitative estimate of drug-likeness (QED) is 0.897. The van der Waals surface area contributed by atoms with Gasteiger partial charge in [0.2, 0.25) is 5.91 Å². The Morgan fingerprint density at radius 3 is 2.59 bits per heavy atom. The summed E-state index contributed by atoms with van der Waals surface area (Å²) < 4.78 is 0.564. The second-order valence-corrected chi connectivity index (χ2v) is 4.97. The van der Waals surface area contributed by atoms with Crippen LogP contribution in [0.2, 0.25) is 0 Å². The minimum absolute atomic E-state index is 0.0801. The number of carbonyl (C=O) groups excluding carboxylic acids is 1. The molecule has 0 aliphatic carbocycles. The largest absolute Gasteiger partial charge is 0.478 e. The Bertz CT molecular complexity index is 443. The fraction of sp³-hybridized carbons (Fsp3) is 0.333. The van der Waals surface area contributed by atoms with Crippen molar-refractivity contribution in [1.82, 2.24) is 0 Å². The Morgan fingerprint density at radius 2 is 2.06 bits per heavy atom. The number of amides is 1. The van der Waals surface area contributed by atoms with E-state index in [0.29, 0.717) is 16.6 Å². The van der Waals surface area contributed by atoms with Crippen molar-refractivity contribution in [1.29, 1.82) is 0 Å². The molecule has 5 heteroatoms. The molecule has 2 N–H and O–H groups in total. The molecule has 0 saturated heterocycles. The highest BCUT2D eigenvalue weighted by Gasteiger charge is 2.15. The third kappa shape index (κ3) is 3.85. The summed E-state index contributed by atoms with van der Waals surface area (Å²) in [7, 11) is 0. The Morgan fingerprint density at radius 1 is 1.41 bits per heavy atom. The van der Waals surface area contributed by atoms with Gasteiger partial charge in [0.15, 0.2) is 0 Å². The Kier molecular flexibility index (Phi) is 4.69. The maximum absolute atomic E-state index is 11.6. The van der Waals surface area contributed by atoms with Crippen molar-refractivity contribution in [3.63, 3.8) is 0 Å². The molecule has 1 rings (SSSR count). The summed E-state index contributed by atoms with van der Waals surface area (Å²) in [5, 5.41) is 11.6. The van der Waals surface area contributed by atoms with Crippen molar-refractivity contribution in [2.24, 2.45) is 5.92 Å². The fourth-order valence-corrected chi connectivity index (χ4v) is 1.86. The van der Waals surface area contributed by atoms with Gasteiger partial charge in [-0.3, -0.25) is 4.79 Å². The van der Waals surface area contributed by atoms with Crippen LogP contribution in [0.25, 0.3) is 0 Å². The average molecular weight is 300 g/mol. The lowest BCUT2D eigenvalue weighted by molar-refractivity contribution is -0.116. The lowest BCUT2D eigenvalue weighted by atomic mass is 10.1. The van der Waals surface area contributed by atoms with Gasteiger partial charge in [-0.05, 0) is 34.0 Å². The highest BCUT2D eigenvalue weighted by molar-refractivity contribution is 9.10. The zero-order chi connectivity index (χ0) is 13.0. The molecule has 1 aromatic rings. The third-order valence-electron chi connectivity index (χ3n) is 2.10. The number of nitrogens with one attached hydrogen (secondary N) is 1. The molecule has 0 radical (unpaired) electrons. The van der Waals surface area contributed by atoms with Crippen LogP contribution in [0, 0.1) is 5.92 Å². The predicted octanol–water partition coefficient (Wildman–Crippen LogP) is 3.13. The molecule has 0 heterocycles. The van der Waals surface area contributed by atoms with Gasteiger partial charge < -0.3 is 10.4 Å². The number of anilines is 1. The highest BCUT2D eigenvalue weighted by Crippen LogP contribution is 2.26. The van der Waals surface area contributed by atoms with E-state index in [4.69, 9.17) is 5.11 Å². The number of carboxylic acid groups (broad SMARTS) is 1. The number of para-hydroxylation sites is 1. The Hall–Kier alpha value is -1.36. The molecule has 0 aliphatic heterocycles. The molecule has 0 saturated carbocycles. The molecular formula is C12H14BrNO3. The predicted molar refractivity (Wildman–Crippen MR) is 69.2 cm³/mol. The number of rotatable bonds is 4. The summed E-state index contributed by atoms with van der Waals surface area (Å²) in [5.74, 6) is -1.02. The number of aromatic carboxylic acids is 1. The van der Waals surface area contributed by atoms with Crippen LogP contribution in [-0.2, 0) is 4.79 Å². The monoisotopic (exact) mass is 299 g/mol. The summed E-state index contributed by atoms with van der Waals surface area (Å²) >= 11 is 3.23. The second-order valence-electron chi connectivity index (χ2n) is 4.11. The molecular weight excluding hydrogens is 286 g/mol. The van der Waals surface area contributed by atoms with Crippen molar-refractivity contribution in [2.45, 2.75) is 20.3 Å². The second kappa shape index (κ2) is 5.82. The van der Waals surface area contributed by atoms with Crippen LogP contribution < -0.4 is 5.32 Å². The summed E-state index contributed by atoms with van der Waals surface area (Å²) in [6, 6.07) is 4.77. The molecule has 17 heavy (non-hydrogen) atoms. The van der Waals surface area contributed by atoms with Crippen molar-refractivity contribution < 1.29 is 14.7 Å².